The van der Waals surface area contributed by atoms with Crippen LogP contribution in [0.5, 0.6) is 0 Å². The zero-order chi connectivity index (χ0) is 43.1. The molecule has 21 heteroatoms. The first-order valence-corrected chi connectivity index (χ1v) is 19.7. The van der Waals surface area contributed by atoms with Gasteiger partial charge in [0.15, 0.2) is 0 Å². The third-order valence-corrected chi connectivity index (χ3v) is 13.3. The molecular weight excluding hydrogens is 871 g/mol. The molecule has 1 heterocycles. The van der Waals surface area contributed by atoms with E-state index in [1.807, 2.05) is 0 Å². The Labute approximate surface area is 325 Å². The summed E-state index contributed by atoms with van der Waals surface area (Å²) in [5.41, 5.74) is -8.56. The number of anilines is 1. The van der Waals surface area contributed by atoms with Crippen LogP contribution in [0.2, 0.25) is 0 Å². The predicted molar refractivity (Wildman–Crippen MR) is 184 cm³/mol. The second-order valence-corrected chi connectivity index (χ2v) is 17.5. The van der Waals surface area contributed by atoms with Gasteiger partial charge >= 0.3 is 326 Å². The topological polar surface area (TPSA) is 29.8 Å². The normalized spacial score (nSPS) is 12.5. The van der Waals surface area contributed by atoms with Crippen molar-refractivity contribution in [3.8, 4) is 0 Å². The van der Waals surface area contributed by atoms with Gasteiger partial charge < -0.3 is 0 Å². The van der Waals surface area contributed by atoms with Gasteiger partial charge in [0.1, 0.15) is 0 Å². The van der Waals surface area contributed by atoms with Gasteiger partial charge in [0.05, 0.1) is 0 Å². The average molecular weight is 898 g/mol. The third-order valence-electron chi connectivity index (χ3n) is 8.75. The van der Waals surface area contributed by atoms with E-state index < -0.39 is 131 Å². The van der Waals surface area contributed by atoms with Gasteiger partial charge in [0, 0.05) is 0 Å². The van der Waals surface area contributed by atoms with Crippen molar-refractivity contribution in [2.45, 2.75) is 27.7 Å². The van der Waals surface area contributed by atoms with Crippen molar-refractivity contribution in [1.29, 1.82) is 0 Å². The summed E-state index contributed by atoms with van der Waals surface area (Å²) in [4.78, 5) is 4.53. The summed E-state index contributed by atoms with van der Waals surface area (Å²) in [5, 5.41) is 0.0712. The van der Waals surface area contributed by atoms with Crippen molar-refractivity contribution in [3.05, 3.63) is 147 Å². The molecule has 0 saturated heterocycles. The molecule has 0 aliphatic carbocycles. The number of hydrogen-bond donors (Lipinski definition) is 0. The Morgan fingerprint density at radius 3 is 1.24 bits per heavy atom. The Morgan fingerprint density at radius 2 is 0.879 bits per heavy atom. The van der Waals surface area contributed by atoms with Gasteiger partial charge in [0.2, 0.25) is 0 Å². The minimum absolute atomic E-state index is 0.0417. The SMILES string of the molecule is CC(C)CN=c1cccccc1[N](CC(C)C)[Ge]([O][B-](c1c(F)c(F)c(F)c(F)c1F)(c1c(F)c(F)c(F)c(F)c1F)c1c(F)c(F)c(F)c(F)c1F)[n]1cccc1. The van der Waals surface area contributed by atoms with E-state index in [2.05, 4.69) is 4.99 Å². The Hall–Kier alpha value is -4.85. The Morgan fingerprint density at radius 1 is 0.517 bits per heavy atom. The van der Waals surface area contributed by atoms with Crippen molar-refractivity contribution in [1.82, 2.24) is 3.52 Å². The van der Waals surface area contributed by atoms with Gasteiger partial charge in [-0.2, -0.15) is 0 Å². The molecule has 5 rings (SSSR count). The maximum absolute atomic E-state index is 16.4. The molecule has 4 nitrogen and oxygen atoms in total. The minimum atomic E-state index is -6.30. The van der Waals surface area contributed by atoms with E-state index >= 15 is 52.7 Å². The molecule has 1 radical (unpaired) electrons. The zero-order valence-corrected chi connectivity index (χ0v) is 32.4. The fourth-order valence-corrected chi connectivity index (χ4v) is 11.6. The molecule has 0 fully saturated rings. The van der Waals surface area contributed by atoms with Crippen molar-refractivity contribution in [2.75, 3.05) is 16.9 Å². The number of rotatable bonds is 12. The van der Waals surface area contributed by atoms with E-state index in [4.69, 9.17) is 3.68 Å². The van der Waals surface area contributed by atoms with Crippen LogP contribution in [-0.2, 0) is 3.68 Å². The monoisotopic (exact) mass is 899 g/mol. The Bertz CT molecular complexity index is 2200. The molecule has 309 valence electrons. The van der Waals surface area contributed by atoms with E-state index in [0.29, 0.717) is 0 Å². The molecule has 0 aliphatic rings. The molecule has 0 spiro atoms. The quantitative estimate of drug-likeness (QED) is 0.0554. The maximum atomic E-state index is 16.4. The van der Waals surface area contributed by atoms with Gasteiger partial charge in [-0.05, 0) is 0 Å². The van der Waals surface area contributed by atoms with Gasteiger partial charge in [-0.1, -0.05) is 0 Å². The second-order valence-electron chi connectivity index (χ2n) is 13.6. The number of halogens is 15. The number of aromatic nitrogens is 1. The van der Waals surface area contributed by atoms with E-state index in [1.165, 1.54) is 42.5 Å². The number of nitrogens with zero attached hydrogens (tertiary/aromatic N) is 3. The fourth-order valence-electron chi connectivity index (χ4n) is 6.25. The van der Waals surface area contributed by atoms with Crippen LogP contribution >= 0.6 is 0 Å². The van der Waals surface area contributed by atoms with Crippen molar-refractivity contribution in [3.63, 3.8) is 0 Å². The van der Waals surface area contributed by atoms with Crippen LogP contribution in [0.1, 0.15) is 27.7 Å². The molecule has 0 bridgehead atoms. The summed E-state index contributed by atoms with van der Waals surface area (Å²) in [6.07, 6.45) is -4.15. The van der Waals surface area contributed by atoms with E-state index in [1.54, 1.807) is 27.7 Å². The molecule has 0 amide bonds. The Kier molecular flexibility index (Phi) is 13.1. The molecule has 0 N–H and O–H groups in total. The summed E-state index contributed by atoms with van der Waals surface area (Å²) in [6.45, 7) is 6.43. The van der Waals surface area contributed by atoms with Gasteiger partial charge in [0.25, 0.3) is 0 Å². The summed E-state index contributed by atoms with van der Waals surface area (Å²) < 4.78 is 242. The van der Waals surface area contributed by atoms with E-state index in [0.717, 1.165) is 19.8 Å². The van der Waals surface area contributed by atoms with Gasteiger partial charge in [-0.25, -0.2) is 0 Å². The van der Waals surface area contributed by atoms with Crippen LogP contribution in [0.3, 0.4) is 0 Å². The second kappa shape index (κ2) is 17.2. The van der Waals surface area contributed by atoms with Gasteiger partial charge in [-0.15, -0.1) is 0 Å². The van der Waals surface area contributed by atoms with E-state index in [9.17, 15) is 13.2 Å². The average Bonchev–Trinajstić information content (AvgIpc) is 3.62. The zero-order valence-electron chi connectivity index (χ0n) is 30.3. The molecule has 0 atom stereocenters. The summed E-state index contributed by atoms with van der Waals surface area (Å²) in [7, 11) is 0. The molecule has 4 aromatic carbocycles. The van der Waals surface area contributed by atoms with Crippen LogP contribution in [0, 0.1) is 99.1 Å². The molecular formula is C37H27BF15GeN3O-. The van der Waals surface area contributed by atoms with Crippen LogP contribution in [0.4, 0.5) is 71.5 Å². The molecule has 5 aromatic rings. The first-order chi connectivity index (χ1) is 27.2. The standard InChI is InChI=1S/C37H27BF15GeN3O/c1-16(2)14-55-18-10-6-5-7-11-19(18)57(15-17(3)4)54(56-12-8-9-13-56)58-38(20-23(39)29(45)35(51)30(46)24(20)40,21-25(41)31(47)36(52)32(48)26(21)42)22-27(43)33(49)37(53)34(50)28(22)44/h5-13,16-17H,14-15H2,1-4H3/q-1. The predicted octanol–water partition coefficient (Wildman–Crippen LogP) is 7.81. The Balaban J connectivity index is 2.16. The van der Waals surface area contributed by atoms with Crippen molar-refractivity contribution >= 4 is 43.6 Å². The van der Waals surface area contributed by atoms with Crippen LogP contribution in [0.25, 0.3) is 0 Å². The molecule has 0 saturated carbocycles. The first kappa shape index (κ1) is 44.3. The van der Waals surface area contributed by atoms with Crippen LogP contribution in [0.15, 0.2) is 59.9 Å². The summed E-state index contributed by atoms with van der Waals surface area (Å²) in [5.74, 6) is -47.3. The first-order valence-electron chi connectivity index (χ1n) is 17.0. The molecule has 0 aliphatic heterocycles. The number of hydrogen-bond acceptors (Lipinski definition) is 3. The summed E-state index contributed by atoms with van der Waals surface area (Å²) in [6, 6.07) is 9.58. The van der Waals surface area contributed by atoms with Crippen molar-refractivity contribution in [2.24, 2.45) is 16.8 Å². The molecule has 0 unspecified atom stereocenters. The van der Waals surface area contributed by atoms with Crippen molar-refractivity contribution < 1.29 is 69.5 Å². The number of benzene rings is 3. The summed E-state index contributed by atoms with van der Waals surface area (Å²) >= 11 is -5.18. The van der Waals surface area contributed by atoms with Crippen LogP contribution in [-0.4, -0.2) is 38.1 Å². The third kappa shape index (κ3) is 7.59. The molecule has 58 heavy (non-hydrogen) atoms. The fraction of sp³-hybridized carbons (Fsp3) is 0.216. The van der Waals surface area contributed by atoms with E-state index in [-0.39, 0.29) is 30.1 Å². The van der Waals surface area contributed by atoms with Gasteiger partial charge in [-0.3, -0.25) is 0 Å². The molecule has 1 aromatic heterocycles. The van der Waals surface area contributed by atoms with Crippen LogP contribution < -0.4 is 25.6 Å².